The van der Waals surface area contributed by atoms with Crippen molar-refractivity contribution in [3.63, 3.8) is 0 Å². The minimum Gasteiger partial charge on any atom is -0.393 e. The molecule has 3 aromatic carbocycles. The molecule has 0 heterocycles. The molecule has 3 atom stereocenters. The molecule has 332 valence electrons. The Morgan fingerprint density at radius 2 is 1.47 bits per heavy atom. The van der Waals surface area contributed by atoms with Crippen LogP contribution in [0.2, 0.25) is 5.02 Å². The number of hydrogen-bond donors (Lipinski definition) is 2. The number of carbonyl (C=O) groups is 4. The molecule has 0 aliphatic heterocycles. The molecule has 2 N–H and O–H groups in total. The minimum absolute atomic E-state index is 0.0196. The predicted molar refractivity (Wildman–Crippen MR) is 252 cm³/mol. The summed E-state index contributed by atoms with van der Waals surface area (Å²) in [5.41, 5.74) is 0.437. The number of ketones is 4. The Kier molecular flexibility index (Phi) is 16.5. The van der Waals surface area contributed by atoms with E-state index in [1.54, 1.807) is 85.7 Å². The van der Waals surface area contributed by atoms with Crippen LogP contribution in [0.25, 0.3) is 16.7 Å². The lowest BCUT2D eigenvalue weighted by atomic mass is 9.57. The van der Waals surface area contributed by atoms with Crippen molar-refractivity contribution in [3.05, 3.63) is 109 Å². The highest BCUT2D eigenvalue weighted by Gasteiger charge is 2.58. The maximum absolute atomic E-state index is 14.9. The van der Waals surface area contributed by atoms with Gasteiger partial charge in [0.15, 0.2) is 17.3 Å². The molecule has 1 fully saturated rings. The van der Waals surface area contributed by atoms with Crippen LogP contribution in [0, 0.1) is 33.0 Å². The Balaban J connectivity index is 1.82. The molecule has 11 heteroatoms. The number of benzene rings is 3. The smallest absolute Gasteiger partial charge is 0.160 e. The van der Waals surface area contributed by atoms with E-state index >= 15 is 0 Å². The van der Waals surface area contributed by atoms with Gasteiger partial charge >= 0.3 is 0 Å². The summed E-state index contributed by atoms with van der Waals surface area (Å²) in [5.74, 6) is -2.82. The number of nitriles is 1. The second-order valence-electron chi connectivity index (χ2n) is 18.5. The zero-order chi connectivity index (χ0) is 46.7. The molecule has 3 unspecified atom stereocenters. The Bertz CT molecular complexity index is 2320. The van der Waals surface area contributed by atoms with Gasteiger partial charge in [0.05, 0.1) is 39.0 Å². The maximum Gasteiger partial charge on any atom is 0.160 e. The Hall–Kier alpha value is -3.61. The summed E-state index contributed by atoms with van der Waals surface area (Å²) >= 11 is 25.7. The summed E-state index contributed by atoms with van der Waals surface area (Å²) in [4.78, 5) is 56.9. The molecule has 0 amide bonds. The van der Waals surface area contributed by atoms with Crippen LogP contribution in [0.3, 0.4) is 0 Å². The molecule has 0 saturated heterocycles. The molecular weight excluding hydrogens is 864 g/mol. The first-order valence-corrected chi connectivity index (χ1v) is 22.8. The van der Waals surface area contributed by atoms with Crippen molar-refractivity contribution in [2.24, 2.45) is 21.7 Å². The number of aliphatic hydroxyl groups is 2. The van der Waals surface area contributed by atoms with Gasteiger partial charge in [-0.1, -0.05) is 106 Å². The molecule has 0 spiro atoms. The molecule has 1 saturated carbocycles. The number of alkyl halides is 1. The highest BCUT2D eigenvalue weighted by molar-refractivity contribution is 6.38. The van der Waals surface area contributed by atoms with Crippen LogP contribution in [-0.4, -0.2) is 51.4 Å². The van der Waals surface area contributed by atoms with Gasteiger partial charge in [-0.25, -0.2) is 0 Å². The van der Waals surface area contributed by atoms with Crippen molar-refractivity contribution in [2.75, 3.05) is 5.88 Å². The van der Waals surface area contributed by atoms with E-state index in [0.29, 0.717) is 63.6 Å². The zero-order valence-electron chi connectivity index (χ0n) is 37.4. The standard InChI is InChI=1S/C51H59Cl4NO6/c1-11-30-15-18-34(39(27-52)41(55)26-37(53)12-2)23-35(30)25-42(58)51(10,47(62)48(4,5)29(3)57)21-13-14-31-16-17-33(32-19-20-40(54)36(22-32)28-56)24-38(31)43-44(59)49(6,7)46(61)50(8,9)45(43)60/h15-20,22-24,26,29,43,47,57,62H,11-14,21,25,27H2,1-10H3. The number of Topliss-reactive ketones (excluding diaryl/α,β-unsaturated/α-hetero) is 4. The average Bonchev–Trinajstić information content (AvgIpc) is 3.23. The van der Waals surface area contributed by atoms with Gasteiger partial charge in [0.25, 0.3) is 0 Å². The molecule has 62 heavy (non-hydrogen) atoms. The number of rotatable bonds is 17. The van der Waals surface area contributed by atoms with Gasteiger partial charge in [-0.15, -0.1) is 11.6 Å². The molecule has 1 aliphatic carbocycles. The highest BCUT2D eigenvalue weighted by Crippen LogP contribution is 2.47. The molecule has 3 aromatic rings. The fraction of sp³-hybridized carbons (Fsp3) is 0.471. The van der Waals surface area contributed by atoms with Crippen molar-refractivity contribution in [3.8, 4) is 17.2 Å². The first-order chi connectivity index (χ1) is 28.8. The van der Waals surface area contributed by atoms with Crippen LogP contribution in [0.4, 0.5) is 0 Å². The van der Waals surface area contributed by atoms with Crippen molar-refractivity contribution in [1.29, 1.82) is 5.26 Å². The van der Waals surface area contributed by atoms with Gasteiger partial charge in [0.2, 0.25) is 0 Å². The number of aryl methyl sites for hydroxylation is 2. The predicted octanol–water partition coefficient (Wildman–Crippen LogP) is 11.9. The van der Waals surface area contributed by atoms with Gasteiger partial charge in [-0.05, 0) is 136 Å². The van der Waals surface area contributed by atoms with Gasteiger partial charge in [-0.3, -0.25) is 19.2 Å². The summed E-state index contributed by atoms with van der Waals surface area (Å²) in [7, 11) is 0. The van der Waals surface area contributed by atoms with E-state index in [9.17, 15) is 34.7 Å². The van der Waals surface area contributed by atoms with Gasteiger partial charge in [-0.2, -0.15) is 5.26 Å². The SMILES string of the molecule is CCC(Cl)=CC(Cl)=C(CCl)c1ccc(CC)c(CC(=O)C(C)(CCCc2ccc(-c3ccc(Cl)c(C#N)c3)cc2C2C(=O)C(C)(C)C(=O)C(C)(C)C2=O)C(O)C(C)(C)C(C)O)c1. The minimum atomic E-state index is -1.44. The number of carbonyl (C=O) groups excluding carboxylic acids is 4. The molecule has 0 aromatic heterocycles. The summed E-state index contributed by atoms with van der Waals surface area (Å²) in [5, 5.41) is 34.1. The lowest BCUT2D eigenvalue weighted by Gasteiger charge is -2.44. The fourth-order valence-corrected chi connectivity index (χ4v) is 9.62. The summed E-state index contributed by atoms with van der Waals surface area (Å²) < 4.78 is 0. The molecular formula is C51H59Cl4NO6. The van der Waals surface area contributed by atoms with Gasteiger partial charge in [0, 0.05) is 27.8 Å². The van der Waals surface area contributed by atoms with E-state index in [-0.39, 0.29) is 35.1 Å². The second kappa shape index (κ2) is 20.1. The lowest BCUT2D eigenvalue weighted by molar-refractivity contribution is -0.157. The zero-order valence-corrected chi connectivity index (χ0v) is 40.5. The molecule has 1 aliphatic rings. The second-order valence-corrected chi connectivity index (χ2v) is 20.0. The number of aliphatic hydroxyl groups excluding tert-OH is 2. The van der Waals surface area contributed by atoms with Crippen LogP contribution in [-0.2, 0) is 38.4 Å². The largest absolute Gasteiger partial charge is 0.393 e. The first-order valence-electron chi connectivity index (χ1n) is 21.1. The topological polar surface area (TPSA) is 133 Å². The van der Waals surface area contributed by atoms with E-state index in [1.165, 1.54) is 0 Å². The van der Waals surface area contributed by atoms with Crippen molar-refractivity contribution < 1.29 is 29.4 Å². The van der Waals surface area contributed by atoms with Crippen LogP contribution in [0.15, 0.2) is 70.7 Å². The first kappa shape index (κ1) is 51.0. The van der Waals surface area contributed by atoms with Crippen LogP contribution in [0.1, 0.15) is 128 Å². The maximum atomic E-state index is 14.9. The quantitative estimate of drug-likeness (QED) is 0.0782. The normalized spacial score (nSPS) is 18.2. The third kappa shape index (κ3) is 10.2. The Morgan fingerprint density at radius 1 is 0.887 bits per heavy atom. The van der Waals surface area contributed by atoms with Crippen LogP contribution < -0.4 is 0 Å². The monoisotopic (exact) mass is 921 g/mol. The number of halogens is 4. The van der Waals surface area contributed by atoms with E-state index in [2.05, 4.69) is 6.07 Å². The Morgan fingerprint density at radius 3 is 2.02 bits per heavy atom. The fourth-order valence-electron chi connectivity index (χ4n) is 8.62. The van der Waals surface area contributed by atoms with Gasteiger partial charge in [0.1, 0.15) is 17.8 Å². The average molecular weight is 924 g/mol. The summed E-state index contributed by atoms with van der Waals surface area (Å²) in [6, 6.07) is 18.4. The highest BCUT2D eigenvalue weighted by atomic mass is 35.5. The Labute approximate surface area is 387 Å². The number of hydrogen-bond acceptors (Lipinski definition) is 7. The van der Waals surface area contributed by atoms with Crippen molar-refractivity contribution in [1.82, 2.24) is 0 Å². The lowest BCUT2D eigenvalue weighted by Crippen LogP contribution is -2.56. The number of nitrogens with zero attached hydrogens (tertiary/aromatic N) is 1. The van der Waals surface area contributed by atoms with Crippen LogP contribution in [0.5, 0.6) is 0 Å². The molecule has 7 nitrogen and oxygen atoms in total. The van der Waals surface area contributed by atoms with Gasteiger partial charge < -0.3 is 10.2 Å². The summed E-state index contributed by atoms with van der Waals surface area (Å²) in [6.07, 6.45) is 1.49. The van der Waals surface area contributed by atoms with E-state index in [1.807, 2.05) is 44.2 Å². The van der Waals surface area contributed by atoms with E-state index < -0.39 is 57.1 Å². The molecule has 0 radical (unpaired) electrons. The van der Waals surface area contributed by atoms with Crippen molar-refractivity contribution in [2.45, 2.75) is 126 Å². The summed E-state index contributed by atoms with van der Waals surface area (Å²) in [6.45, 7) is 16.9. The van der Waals surface area contributed by atoms with E-state index in [0.717, 1.165) is 16.7 Å². The molecule has 0 bridgehead atoms. The number of allylic oxidation sites excluding steroid dienone is 4. The van der Waals surface area contributed by atoms with Crippen LogP contribution >= 0.6 is 46.4 Å². The molecule has 4 rings (SSSR count). The van der Waals surface area contributed by atoms with Crippen molar-refractivity contribution >= 4 is 75.1 Å². The third-order valence-electron chi connectivity index (χ3n) is 13.3. The third-order valence-corrected chi connectivity index (χ3v) is 14.6. The van der Waals surface area contributed by atoms with E-state index in [4.69, 9.17) is 46.4 Å².